The summed E-state index contributed by atoms with van der Waals surface area (Å²) in [6.45, 7) is 12.9. The second-order valence-electron chi connectivity index (χ2n) is 9.06. The monoisotopic (exact) mass is 576 g/mol. The Morgan fingerprint density at radius 1 is 0.515 bits per heavy atom. The van der Waals surface area contributed by atoms with E-state index in [4.69, 9.17) is 0 Å². The van der Waals surface area contributed by atoms with Gasteiger partial charge in [0.2, 0.25) is 0 Å². The van der Waals surface area contributed by atoms with Gasteiger partial charge in [0.05, 0.1) is 0 Å². The van der Waals surface area contributed by atoms with Crippen molar-refractivity contribution in [1.82, 2.24) is 0 Å². The molecule has 0 atom stereocenters. The van der Waals surface area contributed by atoms with E-state index in [9.17, 15) is 19.8 Å². The Hall–Kier alpha value is -0.261. The molecule has 4 nitrogen and oxygen atoms in total. The molecule has 0 aromatic carbocycles. The Kier molecular flexibility index (Phi) is 35.9. The summed E-state index contributed by atoms with van der Waals surface area (Å²) in [6, 6.07) is 0. The molecule has 0 amide bonds. The fourth-order valence-electron chi connectivity index (χ4n) is 3.29. The standard InChI is InChI=1S/2C10H20O2.2C4H9.Sn/c2*1-3-5-7-9(10(11)12)8-6-4-2;2*1-3-4-2;/h2*9H,3-8H2,1-2H3,(H,11,12);2*1,3-4H2,2H3;/q;;;;+2/p-2. The second-order valence-corrected chi connectivity index (χ2v) is 13.3. The number of aliphatic carboxylic acids is 2. The third kappa shape index (κ3) is 31.7. The Morgan fingerprint density at radius 2 is 0.758 bits per heavy atom. The molecule has 0 spiro atoms. The Bertz CT molecular complexity index is 349. The average molecular weight is 575 g/mol. The molecular formula is C28H56O4Sn. The van der Waals surface area contributed by atoms with Gasteiger partial charge >= 0.3 is 69.5 Å². The first-order valence-electron chi connectivity index (χ1n) is 14.0. The topological polar surface area (TPSA) is 80.3 Å². The van der Waals surface area contributed by atoms with Crippen LogP contribution in [0.5, 0.6) is 0 Å². The number of carbonyl (C=O) groups is 2. The van der Waals surface area contributed by atoms with Crippen LogP contribution in [-0.4, -0.2) is 33.1 Å². The van der Waals surface area contributed by atoms with E-state index in [2.05, 4.69) is 41.5 Å². The zero-order valence-electron chi connectivity index (χ0n) is 23.0. The van der Waals surface area contributed by atoms with Gasteiger partial charge in [-0.2, -0.15) is 0 Å². The molecule has 0 radical (unpaired) electrons. The van der Waals surface area contributed by atoms with Gasteiger partial charge in [-0.15, -0.1) is 0 Å². The Balaban J connectivity index is -0.000000414. The van der Waals surface area contributed by atoms with E-state index in [0.717, 1.165) is 77.0 Å². The molecule has 0 aliphatic carbocycles. The molecule has 33 heavy (non-hydrogen) atoms. The number of carboxylic acid groups (broad SMARTS) is 2. The fraction of sp³-hybridized carbons (Fsp3) is 0.929. The van der Waals surface area contributed by atoms with E-state index < -0.39 is 11.9 Å². The molecule has 0 saturated heterocycles. The number of carboxylic acids is 2. The molecule has 0 aliphatic rings. The van der Waals surface area contributed by atoms with Gasteiger partial charge < -0.3 is 19.8 Å². The van der Waals surface area contributed by atoms with E-state index in [1.165, 1.54) is 25.7 Å². The second kappa shape index (κ2) is 31.7. The first kappa shape index (κ1) is 37.3. The van der Waals surface area contributed by atoms with Crippen LogP contribution in [0, 0.1) is 11.8 Å². The van der Waals surface area contributed by atoms with Crippen LogP contribution in [0.4, 0.5) is 0 Å². The van der Waals surface area contributed by atoms with Crippen molar-refractivity contribution in [3.05, 3.63) is 0 Å². The van der Waals surface area contributed by atoms with Crippen LogP contribution in [0.1, 0.15) is 144 Å². The predicted octanol–water partition coefficient (Wildman–Crippen LogP) is 6.59. The zero-order valence-corrected chi connectivity index (χ0v) is 25.9. The summed E-state index contributed by atoms with van der Waals surface area (Å²) in [7, 11) is 0. The number of rotatable bonds is 20. The summed E-state index contributed by atoms with van der Waals surface area (Å²) in [5, 5.41) is 21.2. The van der Waals surface area contributed by atoms with E-state index in [1.54, 1.807) is 8.87 Å². The number of carbonyl (C=O) groups excluding carboxylic acids is 2. The van der Waals surface area contributed by atoms with Crippen molar-refractivity contribution in [3.63, 3.8) is 0 Å². The molecule has 5 heteroatoms. The van der Waals surface area contributed by atoms with Gasteiger partial charge in [-0.25, -0.2) is 0 Å². The molecule has 0 unspecified atom stereocenters. The van der Waals surface area contributed by atoms with E-state index >= 15 is 0 Å². The van der Waals surface area contributed by atoms with Crippen molar-refractivity contribution < 1.29 is 19.8 Å². The SMILES string of the molecule is CCCCC(CCCC)C(=O)[O-].CCCCC(CCCC)C(=O)[O-].CCC[CH2][Sn+2][CH2]CCC. The molecule has 0 aromatic heterocycles. The number of unbranched alkanes of at least 4 members (excludes halogenated alkanes) is 6. The molecule has 0 heterocycles. The molecule has 196 valence electrons. The summed E-state index contributed by atoms with van der Waals surface area (Å²) in [5.74, 6) is -2.14. The van der Waals surface area contributed by atoms with Crippen molar-refractivity contribution in [2.24, 2.45) is 11.8 Å². The Morgan fingerprint density at radius 3 is 0.939 bits per heavy atom. The molecule has 0 fully saturated rings. The summed E-state index contributed by atoms with van der Waals surface area (Å²) in [5.41, 5.74) is 0. The molecule has 0 aliphatic heterocycles. The fourth-order valence-corrected chi connectivity index (χ4v) is 7.45. The summed E-state index contributed by atoms with van der Waals surface area (Å²) in [4.78, 5) is 21.2. The van der Waals surface area contributed by atoms with Crippen molar-refractivity contribution >= 4 is 33.1 Å². The average Bonchev–Trinajstić information content (AvgIpc) is 2.79. The quantitative estimate of drug-likeness (QED) is 0.121. The normalized spacial score (nSPS) is 10.2. The van der Waals surface area contributed by atoms with Gasteiger partial charge in [-0.1, -0.05) is 79.1 Å². The van der Waals surface area contributed by atoms with Crippen LogP contribution in [0.3, 0.4) is 0 Å². The maximum absolute atomic E-state index is 10.6. The Labute approximate surface area is 217 Å². The zero-order chi connectivity index (χ0) is 25.7. The van der Waals surface area contributed by atoms with Gasteiger partial charge in [0, 0.05) is 11.9 Å². The molecular weight excluding hydrogens is 519 g/mol. The first-order chi connectivity index (χ1) is 15.9. The summed E-state index contributed by atoms with van der Waals surface area (Å²) >= 11 is 0.149. The van der Waals surface area contributed by atoms with E-state index in [0.29, 0.717) is 0 Å². The molecule has 0 aromatic rings. The van der Waals surface area contributed by atoms with Crippen molar-refractivity contribution in [3.8, 4) is 0 Å². The van der Waals surface area contributed by atoms with Crippen molar-refractivity contribution in [1.29, 1.82) is 0 Å². The van der Waals surface area contributed by atoms with Crippen LogP contribution >= 0.6 is 0 Å². The third-order valence-electron chi connectivity index (χ3n) is 5.71. The molecule has 0 N–H and O–H groups in total. The van der Waals surface area contributed by atoms with Crippen LogP contribution < -0.4 is 10.2 Å². The van der Waals surface area contributed by atoms with Crippen LogP contribution in [-0.2, 0) is 9.59 Å². The van der Waals surface area contributed by atoms with Crippen LogP contribution in [0.25, 0.3) is 0 Å². The van der Waals surface area contributed by atoms with Gasteiger partial charge in [-0.3, -0.25) is 0 Å². The van der Waals surface area contributed by atoms with E-state index in [-0.39, 0.29) is 33.0 Å². The number of hydrogen-bond acceptors (Lipinski definition) is 4. The number of hydrogen-bond donors (Lipinski definition) is 0. The van der Waals surface area contributed by atoms with Gasteiger partial charge in [0.25, 0.3) is 0 Å². The molecule has 0 saturated carbocycles. The predicted molar refractivity (Wildman–Crippen MR) is 140 cm³/mol. The molecule has 0 rings (SSSR count). The summed E-state index contributed by atoms with van der Waals surface area (Å²) < 4.78 is 3.25. The van der Waals surface area contributed by atoms with Crippen LogP contribution in [0.2, 0.25) is 8.87 Å². The minimum atomic E-state index is -0.864. The van der Waals surface area contributed by atoms with Crippen LogP contribution in [0.15, 0.2) is 0 Å². The van der Waals surface area contributed by atoms with Gasteiger partial charge in [0.15, 0.2) is 0 Å². The minimum absolute atomic E-state index is 0.149. The first-order valence-corrected chi connectivity index (χ1v) is 18.0. The third-order valence-corrected chi connectivity index (χ3v) is 9.74. The summed E-state index contributed by atoms with van der Waals surface area (Å²) in [6.07, 6.45) is 17.3. The molecule has 0 bridgehead atoms. The maximum atomic E-state index is 10.6. The van der Waals surface area contributed by atoms with E-state index in [1.807, 2.05) is 0 Å². The van der Waals surface area contributed by atoms with Crippen molar-refractivity contribution in [2.75, 3.05) is 0 Å². The van der Waals surface area contributed by atoms with Gasteiger partial charge in [-0.05, 0) is 37.5 Å². The van der Waals surface area contributed by atoms with Gasteiger partial charge in [0.1, 0.15) is 0 Å². The van der Waals surface area contributed by atoms with Crippen molar-refractivity contribution in [2.45, 2.75) is 153 Å².